The Balaban J connectivity index is 2.51. The molecule has 1 atom stereocenters. The topological polar surface area (TPSA) is 98.7 Å². The molecule has 15 heavy (non-hydrogen) atoms. The predicted octanol–water partition coefficient (Wildman–Crippen LogP) is -1.88. The Morgan fingerprint density at radius 3 is 2.60 bits per heavy atom. The van der Waals surface area contributed by atoms with Gasteiger partial charge in [0.2, 0.25) is 11.8 Å². The highest BCUT2D eigenvalue weighted by Crippen LogP contribution is 2.09. The lowest BCUT2D eigenvalue weighted by Crippen LogP contribution is -2.56. The number of aliphatic hydroxyl groups excluding tert-OH is 2. The van der Waals surface area contributed by atoms with Crippen LogP contribution in [0.25, 0.3) is 0 Å². The number of carbonyl (C=O) groups excluding carboxylic acids is 2. The molecule has 1 saturated heterocycles. The van der Waals surface area contributed by atoms with Crippen LogP contribution in [0.2, 0.25) is 0 Å². The number of rotatable bonds is 4. The van der Waals surface area contributed by atoms with Crippen molar-refractivity contribution < 1.29 is 19.8 Å². The number of amides is 2. The second-order valence-corrected chi connectivity index (χ2v) is 4.02. The van der Waals surface area contributed by atoms with Gasteiger partial charge in [0, 0.05) is 6.42 Å². The van der Waals surface area contributed by atoms with Gasteiger partial charge in [0.15, 0.2) is 0 Å². The third-order valence-electron chi connectivity index (χ3n) is 2.43. The Hall–Kier alpha value is -1.14. The Morgan fingerprint density at radius 1 is 1.60 bits per heavy atom. The van der Waals surface area contributed by atoms with Crippen LogP contribution in [-0.2, 0) is 9.59 Å². The molecule has 0 radical (unpaired) electrons. The van der Waals surface area contributed by atoms with Gasteiger partial charge in [-0.2, -0.15) is 0 Å². The maximum atomic E-state index is 11.6. The lowest BCUT2D eigenvalue weighted by atomic mass is 10.0. The molecule has 0 spiro atoms. The van der Waals surface area contributed by atoms with Crippen LogP contribution in [0.15, 0.2) is 0 Å². The van der Waals surface area contributed by atoms with Crippen molar-refractivity contribution in [3.8, 4) is 0 Å². The van der Waals surface area contributed by atoms with Crippen LogP contribution >= 0.6 is 0 Å². The minimum Gasteiger partial charge on any atom is -0.394 e. The average molecular weight is 216 g/mol. The van der Waals surface area contributed by atoms with Crippen LogP contribution in [0.5, 0.6) is 0 Å². The lowest BCUT2D eigenvalue weighted by molar-refractivity contribution is -0.128. The van der Waals surface area contributed by atoms with Crippen LogP contribution < -0.4 is 10.6 Å². The fraction of sp³-hybridized carbons (Fsp3) is 0.778. The van der Waals surface area contributed by atoms with E-state index in [0.29, 0.717) is 12.8 Å². The number of aliphatic hydroxyl groups is 2. The molecule has 1 aliphatic heterocycles. The first-order valence-corrected chi connectivity index (χ1v) is 4.84. The molecule has 1 rings (SSSR count). The zero-order chi connectivity index (χ0) is 11.5. The minimum absolute atomic E-state index is 0.148. The van der Waals surface area contributed by atoms with E-state index < -0.39 is 11.6 Å². The van der Waals surface area contributed by atoms with Crippen LogP contribution in [0, 0.1) is 0 Å². The summed E-state index contributed by atoms with van der Waals surface area (Å²) in [5.41, 5.74) is -1.04. The third kappa shape index (κ3) is 2.90. The quantitative estimate of drug-likeness (QED) is 0.442. The summed E-state index contributed by atoms with van der Waals surface area (Å²) in [6.07, 6.45) is 0.796. The van der Waals surface area contributed by atoms with Gasteiger partial charge in [-0.1, -0.05) is 0 Å². The van der Waals surface area contributed by atoms with Gasteiger partial charge in [0.05, 0.1) is 18.8 Å². The van der Waals surface area contributed by atoms with Crippen molar-refractivity contribution >= 4 is 11.8 Å². The molecule has 1 fully saturated rings. The molecule has 1 heterocycles. The van der Waals surface area contributed by atoms with Gasteiger partial charge in [-0.05, 0) is 13.3 Å². The number of hydrogen-bond acceptors (Lipinski definition) is 4. The van der Waals surface area contributed by atoms with Crippen LogP contribution in [-0.4, -0.2) is 46.8 Å². The smallest absolute Gasteiger partial charge is 0.243 e. The molecule has 6 heteroatoms. The Bertz CT molecular complexity index is 263. The maximum absolute atomic E-state index is 11.6. The molecular weight excluding hydrogens is 200 g/mol. The van der Waals surface area contributed by atoms with Crippen molar-refractivity contribution in [2.45, 2.75) is 31.3 Å². The first kappa shape index (κ1) is 11.9. The number of hydrogen-bond donors (Lipinski definition) is 4. The van der Waals surface area contributed by atoms with Gasteiger partial charge in [-0.3, -0.25) is 9.59 Å². The standard InChI is InChI=1S/C9H16N2O4/c1-9(4-12,5-13)11-8(15)6-2-3-7(14)10-6/h6,12-13H,2-5H2,1H3,(H,10,14)(H,11,15)/t6-/m1/s1. The van der Waals surface area contributed by atoms with E-state index in [2.05, 4.69) is 10.6 Å². The Morgan fingerprint density at radius 2 is 2.20 bits per heavy atom. The molecule has 0 aromatic carbocycles. The third-order valence-corrected chi connectivity index (χ3v) is 2.43. The van der Waals surface area contributed by atoms with Crippen molar-refractivity contribution in [3.63, 3.8) is 0 Å². The van der Waals surface area contributed by atoms with Crippen molar-refractivity contribution in [2.75, 3.05) is 13.2 Å². The van der Waals surface area contributed by atoms with Crippen molar-refractivity contribution in [2.24, 2.45) is 0 Å². The van der Waals surface area contributed by atoms with E-state index in [1.807, 2.05) is 0 Å². The monoisotopic (exact) mass is 216 g/mol. The molecule has 0 aromatic heterocycles. The highest BCUT2D eigenvalue weighted by molar-refractivity contribution is 5.91. The van der Waals surface area contributed by atoms with Crippen LogP contribution in [0.4, 0.5) is 0 Å². The second-order valence-electron chi connectivity index (χ2n) is 4.02. The van der Waals surface area contributed by atoms with E-state index in [4.69, 9.17) is 10.2 Å². The van der Waals surface area contributed by atoms with Crippen LogP contribution in [0.1, 0.15) is 19.8 Å². The minimum atomic E-state index is -1.04. The molecule has 0 bridgehead atoms. The van der Waals surface area contributed by atoms with Gasteiger partial charge in [-0.25, -0.2) is 0 Å². The molecule has 0 saturated carbocycles. The second kappa shape index (κ2) is 4.59. The highest BCUT2D eigenvalue weighted by Gasteiger charge is 2.32. The molecule has 0 unspecified atom stereocenters. The first-order chi connectivity index (χ1) is 7.00. The summed E-state index contributed by atoms with van der Waals surface area (Å²) in [6.45, 7) is 0.827. The van der Waals surface area contributed by atoms with E-state index in [9.17, 15) is 9.59 Å². The van der Waals surface area contributed by atoms with Crippen molar-refractivity contribution in [3.05, 3.63) is 0 Å². The summed E-state index contributed by atoms with van der Waals surface area (Å²) < 4.78 is 0. The predicted molar refractivity (Wildman–Crippen MR) is 51.9 cm³/mol. The summed E-state index contributed by atoms with van der Waals surface area (Å²) in [6, 6.07) is -0.546. The normalized spacial score (nSPS) is 21.3. The molecule has 2 amide bonds. The molecular formula is C9H16N2O4. The SMILES string of the molecule is CC(CO)(CO)NC(=O)[C@H]1CCC(=O)N1. The summed E-state index contributed by atoms with van der Waals surface area (Å²) in [4.78, 5) is 22.4. The van der Waals surface area contributed by atoms with E-state index in [1.165, 1.54) is 6.92 Å². The molecule has 86 valence electrons. The Kier molecular flexibility index (Phi) is 3.65. The van der Waals surface area contributed by atoms with Gasteiger partial charge in [0.25, 0.3) is 0 Å². The summed E-state index contributed by atoms with van der Waals surface area (Å²) >= 11 is 0. The maximum Gasteiger partial charge on any atom is 0.243 e. The zero-order valence-electron chi connectivity index (χ0n) is 8.62. The molecule has 0 aliphatic carbocycles. The summed E-state index contributed by atoms with van der Waals surface area (Å²) in [5, 5.41) is 22.9. The van der Waals surface area contributed by atoms with E-state index in [-0.39, 0.29) is 25.0 Å². The number of carbonyl (C=O) groups is 2. The fourth-order valence-electron chi connectivity index (χ4n) is 1.32. The van der Waals surface area contributed by atoms with Gasteiger partial charge >= 0.3 is 0 Å². The largest absolute Gasteiger partial charge is 0.394 e. The highest BCUT2D eigenvalue weighted by atomic mass is 16.3. The van der Waals surface area contributed by atoms with Gasteiger partial charge in [0.1, 0.15) is 6.04 Å². The number of nitrogens with one attached hydrogen (secondary N) is 2. The van der Waals surface area contributed by atoms with E-state index in [1.54, 1.807) is 0 Å². The van der Waals surface area contributed by atoms with E-state index >= 15 is 0 Å². The van der Waals surface area contributed by atoms with Gasteiger partial charge in [-0.15, -0.1) is 0 Å². The fourth-order valence-corrected chi connectivity index (χ4v) is 1.32. The Labute approximate surface area is 87.7 Å². The van der Waals surface area contributed by atoms with E-state index in [0.717, 1.165) is 0 Å². The molecule has 6 nitrogen and oxygen atoms in total. The molecule has 1 aliphatic rings. The average Bonchev–Trinajstić information content (AvgIpc) is 2.65. The zero-order valence-corrected chi connectivity index (χ0v) is 8.62. The summed E-state index contributed by atoms with van der Waals surface area (Å²) in [7, 11) is 0. The first-order valence-electron chi connectivity index (χ1n) is 4.84. The van der Waals surface area contributed by atoms with Crippen molar-refractivity contribution in [1.82, 2.24) is 10.6 Å². The summed E-state index contributed by atoms with van der Waals surface area (Å²) in [5.74, 6) is -0.517. The molecule has 4 N–H and O–H groups in total. The van der Waals surface area contributed by atoms with Crippen molar-refractivity contribution in [1.29, 1.82) is 0 Å². The molecule has 0 aromatic rings. The van der Waals surface area contributed by atoms with Crippen LogP contribution in [0.3, 0.4) is 0 Å². The lowest BCUT2D eigenvalue weighted by Gasteiger charge is -2.27. The van der Waals surface area contributed by atoms with Gasteiger partial charge < -0.3 is 20.8 Å².